The standard InChI is InChI=1S/C21H22N6O3/c1-14-18(15(2)27-19(23-14)13-21(29)25-27)12-20(28)24-16-5-3-6-17(11-16)30-10-9-26-8-4-7-22-26/h3-8,11,13H,9-10,12H2,1-2H3,(H,24,28)(H,25,29). The number of aryl methyl sites for hydroxylation is 2. The van der Waals surface area contributed by atoms with Crippen LogP contribution in [-0.2, 0) is 17.8 Å². The number of nitrogens with one attached hydrogen (secondary N) is 2. The van der Waals surface area contributed by atoms with Crippen molar-refractivity contribution in [2.24, 2.45) is 0 Å². The Balaban J connectivity index is 1.42. The van der Waals surface area contributed by atoms with Crippen molar-refractivity contribution in [3.8, 4) is 5.75 Å². The van der Waals surface area contributed by atoms with Crippen LogP contribution in [0.15, 0.2) is 53.6 Å². The third-order valence-corrected chi connectivity index (χ3v) is 4.81. The molecular formula is C21H22N6O3. The number of aromatic nitrogens is 5. The Hall–Kier alpha value is -3.88. The zero-order chi connectivity index (χ0) is 21.1. The number of ether oxygens (including phenoxy) is 1. The third-order valence-electron chi connectivity index (χ3n) is 4.81. The molecule has 154 valence electrons. The number of benzene rings is 1. The molecule has 1 aromatic carbocycles. The summed E-state index contributed by atoms with van der Waals surface area (Å²) in [6.45, 7) is 4.80. The van der Waals surface area contributed by atoms with Gasteiger partial charge in [-0.3, -0.25) is 19.4 Å². The van der Waals surface area contributed by atoms with Gasteiger partial charge in [-0.2, -0.15) is 5.10 Å². The first-order valence-corrected chi connectivity index (χ1v) is 9.57. The molecule has 0 saturated heterocycles. The smallest absolute Gasteiger partial charge is 0.266 e. The Bertz CT molecular complexity index is 1240. The fraction of sp³-hybridized carbons (Fsp3) is 0.238. The summed E-state index contributed by atoms with van der Waals surface area (Å²) in [5, 5.41) is 9.73. The Kier molecular flexibility index (Phi) is 5.34. The van der Waals surface area contributed by atoms with E-state index in [1.54, 1.807) is 21.5 Å². The molecule has 2 N–H and O–H groups in total. The highest BCUT2D eigenvalue weighted by atomic mass is 16.5. The van der Waals surface area contributed by atoms with Gasteiger partial charge in [0, 0.05) is 47.2 Å². The number of nitrogens with zero attached hydrogens (tertiary/aromatic N) is 4. The van der Waals surface area contributed by atoms with E-state index in [2.05, 4.69) is 20.5 Å². The number of hydrogen-bond donors (Lipinski definition) is 2. The van der Waals surface area contributed by atoms with Crippen LogP contribution >= 0.6 is 0 Å². The lowest BCUT2D eigenvalue weighted by Gasteiger charge is -2.12. The summed E-state index contributed by atoms with van der Waals surface area (Å²) in [6.07, 6.45) is 3.74. The maximum absolute atomic E-state index is 12.6. The number of aromatic amines is 1. The van der Waals surface area contributed by atoms with E-state index in [-0.39, 0.29) is 17.9 Å². The molecule has 3 heterocycles. The van der Waals surface area contributed by atoms with Crippen LogP contribution in [0.2, 0.25) is 0 Å². The summed E-state index contributed by atoms with van der Waals surface area (Å²) in [5.74, 6) is 0.492. The normalized spacial score (nSPS) is 11.0. The van der Waals surface area contributed by atoms with Crippen LogP contribution in [0.3, 0.4) is 0 Å². The Morgan fingerprint density at radius 3 is 2.90 bits per heavy atom. The van der Waals surface area contributed by atoms with Gasteiger partial charge in [-0.05, 0) is 32.0 Å². The minimum absolute atomic E-state index is 0.144. The van der Waals surface area contributed by atoms with Gasteiger partial charge in [-0.15, -0.1) is 0 Å². The van der Waals surface area contributed by atoms with Crippen molar-refractivity contribution in [1.29, 1.82) is 0 Å². The van der Waals surface area contributed by atoms with Gasteiger partial charge >= 0.3 is 0 Å². The van der Waals surface area contributed by atoms with Gasteiger partial charge in [0.25, 0.3) is 5.56 Å². The quantitative estimate of drug-likeness (QED) is 0.489. The van der Waals surface area contributed by atoms with E-state index < -0.39 is 0 Å². The van der Waals surface area contributed by atoms with E-state index in [1.165, 1.54) is 6.07 Å². The Morgan fingerprint density at radius 1 is 1.23 bits per heavy atom. The van der Waals surface area contributed by atoms with Crippen molar-refractivity contribution in [3.05, 3.63) is 76.1 Å². The molecule has 0 saturated carbocycles. The molecule has 0 aliphatic rings. The predicted octanol–water partition coefficient (Wildman–Crippen LogP) is 2.10. The van der Waals surface area contributed by atoms with Gasteiger partial charge in [0.15, 0.2) is 5.65 Å². The minimum atomic E-state index is -0.226. The molecule has 0 unspecified atom stereocenters. The summed E-state index contributed by atoms with van der Waals surface area (Å²) < 4.78 is 9.14. The largest absolute Gasteiger partial charge is 0.492 e. The second-order valence-corrected chi connectivity index (χ2v) is 6.95. The lowest BCUT2D eigenvalue weighted by molar-refractivity contribution is -0.115. The van der Waals surface area contributed by atoms with E-state index in [0.717, 1.165) is 17.0 Å². The predicted molar refractivity (Wildman–Crippen MR) is 112 cm³/mol. The number of amides is 1. The highest BCUT2D eigenvalue weighted by molar-refractivity contribution is 5.92. The Morgan fingerprint density at radius 2 is 2.10 bits per heavy atom. The zero-order valence-corrected chi connectivity index (χ0v) is 16.8. The molecule has 30 heavy (non-hydrogen) atoms. The summed E-state index contributed by atoms with van der Waals surface area (Å²) >= 11 is 0. The molecule has 4 aromatic rings. The highest BCUT2D eigenvalue weighted by Gasteiger charge is 2.14. The lowest BCUT2D eigenvalue weighted by atomic mass is 10.1. The molecule has 0 atom stereocenters. The maximum atomic E-state index is 12.6. The molecule has 0 fully saturated rings. The molecule has 0 aliphatic heterocycles. The van der Waals surface area contributed by atoms with Crippen LogP contribution < -0.4 is 15.6 Å². The van der Waals surface area contributed by atoms with E-state index in [9.17, 15) is 9.59 Å². The second-order valence-electron chi connectivity index (χ2n) is 6.95. The van der Waals surface area contributed by atoms with Crippen LogP contribution in [0, 0.1) is 13.8 Å². The number of H-pyrrole nitrogens is 1. The summed E-state index contributed by atoms with van der Waals surface area (Å²) in [4.78, 5) is 28.6. The van der Waals surface area contributed by atoms with E-state index in [0.29, 0.717) is 30.2 Å². The molecule has 9 nitrogen and oxygen atoms in total. The summed E-state index contributed by atoms with van der Waals surface area (Å²) in [6, 6.07) is 10.6. The number of anilines is 1. The van der Waals surface area contributed by atoms with Crippen LogP contribution in [0.4, 0.5) is 5.69 Å². The number of hydrogen-bond acceptors (Lipinski definition) is 5. The van der Waals surface area contributed by atoms with Crippen molar-refractivity contribution >= 4 is 17.2 Å². The zero-order valence-electron chi connectivity index (χ0n) is 16.8. The van der Waals surface area contributed by atoms with Crippen LogP contribution in [0.5, 0.6) is 5.75 Å². The molecule has 0 radical (unpaired) electrons. The van der Waals surface area contributed by atoms with Gasteiger partial charge in [-0.25, -0.2) is 9.50 Å². The molecule has 9 heteroatoms. The maximum Gasteiger partial charge on any atom is 0.266 e. The molecular weight excluding hydrogens is 384 g/mol. The molecule has 1 amide bonds. The average molecular weight is 406 g/mol. The van der Waals surface area contributed by atoms with Crippen molar-refractivity contribution < 1.29 is 9.53 Å². The topological polar surface area (TPSA) is 106 Å². The van der Waals surface area contributed by atoms with E-state index >= 15 is 0 Å². The monoisotopic (exact) mass is 406 g/mol. The number of rotatable bonds is 7. The summed E-state index contributed by atoms with van der Waals surface area (Å²) in [7, 11) is 0. The Labute approximate surface area is 172 Å². The van der Waals surface area contributed by atoms with Gasteiger partial charge in [0.1, 0.15) is 12.4 Å². The van der Waals surface area contributed by atoms with E-state index in [4.69, 9.17) is 4.74 Å². The third kappa shape index (κ3) is 4.24. The number of carbonyl (C=O) groups excluding carboxylic acids is 1. The van der Waals surface area contributed by atoms with Crippen molar-refractivity contribution in [2.75, 3.05) is 11.9 Å². The SMILES string of the molecule is Cc1nc2cc(=O)[nH]n2c(C)c1CC(=O)Nc1cccc(OCCn2cccn2)c1. The molecule has 4 rings (SSSR count). The van der Waals surface area contributed by atoms with Crippen LogP contribution in [0.1, 0.15) is 17.0 Å². The average Bonchev–Trinajstić information content (AvgIpc) is 3.35. The molecule has 0 bridgehead atoms. The van der Waals surface area contributed by atoms with Gasteiger partial charge in [-0.1, -0.05) is 6.07 Å². The molecule has 0 aliphatic carbocycles. The second kappa shape index (κ2) is 8.24. The first-order chi connectivity index (χ1) is 14.5. The fourth-order valence-electron chi connectivity index (χ4n) is 3.33. The summed E-state index contributed by atoms with van der Waals surface area (Å²) in [5.41, 5.74) is 3.24. The fourth-order valence-corrected chi connectivity index (χ4v) is 3.33. The van der Waals surface area contributed by atoms with E-state index in [1.807, 2.05) is 44.3 Å². The minimum Gasteiger partial charge on any atom is -0.492 e. The number of carbonyl (C=O) groups is 1. The van der Waals surface area contributed by atoms with Crippen LogP contribution in [0.25, 0.3) is 5.65 Å². The molecule has 3 aromatic heterocycles. The van der Waals surface area contributed by atoms with Gasteiger partial charge in [0.2, 0.25) is 5.91 Å². The highest BCUT2D eigenvalue weighted by Crippen LogP contribution is 2.19. The first kappa shape index (κ1) is 19.4. The first-order valence-electron chi connectivity index (χ1n) is 9.57. The van der Waals surface area contributed by atoms with Crippen LogP contribution in [-0.4, -0.2) is 36.9 Å². The van der Waals surface area contributed by atoms with Gasteiger partial charge in [0.05, 0.1) is 13.0 Å². The molecule has 0 spiro atoms. The van der Waals surface area contributed by atoms with Crippen molar-refractivity contribution in [3.63, 3.8) is 0 Å². The van der Waals surface area contributed by atoms with Gasteiger partial charge < -0.3 is 10.1 Å². The van der Waals surface area contributed by atoms with Crippen molar-refractivity contribution in [1.82, 2.24) is 24.4 Å². The lowest BCUT2D eigenvalue weighted by Crippen LogP contribution is -2.18. The number of fused-ring (bicyclic) bond motifs is 1. The van der Waals surface area contributed by atoms with Crippen molar-refractivity contribution in [2.45, 2.75) is 26.8 Å².